The highest BCUT2D eigenvalue weighted by molar-refractivity contribution is 7.98. The maximum Gasteiger partial charge on any atom is 0.148 e. The van der Waals surface area contributed by atoms with E-state index < -0.39 is 5.60 Å². The number of aromatic nitrogens is 2. The van der Waals surface area contributed by atoms with Gasteiger partial charge in [-0.15, -0.1) is 0 Å². The van der Waals surface area contributed by atoms with E-state index in [2.05, 4.69) is 15.3 Å². The van der Waals surface area contributed by atoms with Crippen molar-refractivity contribution in [3.8, 4) is 0 Å². The maximum absolute atomic E-state index is 9.90. The van der Waals surface area contributed by atoms with Crippen LogP contribution in [0.4, 0.5) is 5.82 Å². The van der Waals surface area contributed by atoms with Gasteiger partial charge < -0.3 is 10.4 Å². The molecule has 1 aromatic heterocycles. The summed E-state index contributed by atoms with van der Waals surface area (Å²) < 4.78 is 0. The average Bonchev–Trinajstić information content (AvgIpc) is 2.16. The molecule has 1 aromatic rings. The molecule has 6 heteroatoms. The van der Waals surface area contributed by atoms with E-state index in [1.54, 1.807) is 18.7 Å². The Balaban J connectivity index is 2.53. The van der Waals surface area contributed by atoms with Gasteiger partial charge in [0.1, 0.15) is 17.2 Å². The number of thioether (sulfide) groups is 1. The molecule has 84 valence electrons. The van der Waals surface area contributed by atoms with Crippen molar-refractivity contribution in [1.82, 2.24) is 9.97 Å². The van der Waals surface area contributed by atoms with Crippen molar-refractivity contribution in [3.05, 3.63) is 17.5 Å². The molecule has 0 unspecified atom stereocenters. The van der Waals surface area contributed by atoms with E-state index in [9.17, 15) is 5.11 Å². The number of hydrogen-bond donors (Lipinski definition) is 2. The first kappa shape index (κ1) is 12.5. The first-order chi connectivity index (χ1) is 7.05. The van der Waals surface area contributed by atoms with Crippen molar-refractivity contribution in [1.29, 1.82) is 0 Å². The van der Waals surface area contributed by atoms with E-state index in [0.29, 0.717) is 23.1 Å². The Morgan fingerprint density at radius 3 is 3.00 bits per heavy atom. The molecule has 0 amide bonds. The minimum absolute atomic E-state index is 0.407. The van der Waals surface area contributed by atoms with Crippen LogP contribution in [0.3, 0.4) is 0 Å². The van der Waals surface area contributed by atoms with Gasteiger partial charge in [0.05, 0.1) is 11.8 Å². The Bertz CT molecular complexity index is 322. The lowest BCUT2D eigenvalue weighted by Gasteiger charge is -2.22. The molecule has 0 aromatic carbocycles. The van der Waals surface area contributed by atoms with Gasteiger partial charge >= 0.3 is 0 Å². The van der Waals surface area contributed by atoms with Gasteiger partial charge in [-0.2, -0.15) is 11.8 Å². The smallest absolute Gasteiger partial charge is 0.148 e. The van der Waals surface area contributed by atoms with Crippen LogP contribution < -0.4 is 5.32 Å². The summed E-state index contributed by atoms with van der Waals surface area (Å²) in [6.45, 7) is 2.18. The van der Waals surface area contributed by atoms with Crippen LogP contribution in [0.1, 0.15) is 6.92 Å². The normalized spacial score (nSPS) is 14.7. The molecule has 1 heterocycles. The van der Waals surface area contributed by atoms with Crippen molar-refractivity contribution in [2.24, 2.45) is 0 Å². The summed E-state index contributed by atoms with van der Waals surface area (Å²) in [5.74, 6) is 1.20. The molecule has 2 N–H and O–H groups in total. The summed E-state index contributed by atoms with van der Waals surface area (Å²) >= 11 is 7.45. The molecular formula is C9H14ClN3OS. The number of hydrogen-bond acceptors (Lipinski definition) is 5. The summed E-state index contributed by atoms with van der Waals surface area (Å²) in [5, 5.41) is 13.3. The lowest BCUT2D eigenvalue weighted by molar-refractivity contribution is 0.0996. The van der Waals surface area contributed by atoms with Crippen molar-refractivity contribution in [2.45, 2.75) is 12.5 Å². The van der Waals surface area contributed by atoms with E-state index in [1.165, 1.54) is 12.5 Å². The Morgan fingerprint density at radius 2 is 2.40 bits per heavy atom. The van der Waals surface area contributed by atoms with Crippen molar-refractivity contribution >= 4 is 29.2 Å². The zero-order valence-corrected chi connectivity index (χ0v) is 10.3. The van der Waals surface area contributed by atoms with Crippen molar-refractivity contribution in [2.75, 3.05) is 23.9 Å². The van der Waals surface area contributed by atoms with Crippen LogP contribution in [0.2, 0.25) is 5.02 Å². The van der Waals surface area contributed by atoms with Gasteiger partial charge in [-0.3, -0.25) is 0 Å². The molecule has 0 saturated carbocycles. The zero-order valence-electron chi connectivity index (χ0n) is 8.70. The van der Waals surface area contributed by atoms with Gasteiger partial charge in [0.25, 0.3) is 0 Å². The highest BCUT2D eigenvalue weighted by Crippen LogP contribution is 2.18. The number of rotatable bonds is 5. The molecule has 0 bridgehead atoms. The SMILES string of the molecule is CSC[C@](C)(O)CNc1ncncc1Cl. The molecule has 0 aliphatic carbocycles. The van der Waals surface area contributed by atoms with Crippen LogP contribution in [0.25, 0.3) is 0 Å². The van der Waals surface area contributed by atoms with Crippen LogP contribution in [0, 0.1) is 0 Å². The van der Waals surface area contributed by atoms with E-state index in [1.807, 2.05) is 6.26 Å². The predicted molar refractivity (Wildman–Crippen MR) is 64.5 cm³/mol. The predicted octanol–water partition coefficient (Wildman–Crippen LogP) is 1.66. The maximum atomic E-state index is 9.90. The van der Waals surface area contributed by atoms with Gasteiger partial charge in [-0.25, -0.2) is 9.97 Å². The van der Waals surface area contributed by atoms with Gasteiger partial charge in [0.2, 0.25) is 0 Å². The molecule has 0 fully saturated rings. The minimum Gasteiger partial charge on any atom is -0.387 e. The molecule has 1 atom stereocenters. The molecule has 0 spiro atoms. The Kier molecular flexibility index (Phi) is 4.63. The topological polar surface area (TPSA) is 58.0 Å². The van der Waals surface area contributed by atoms with E-state index in [0.717, 1.165) is 0 Å². The van der Waals surface area contributed by atoms with Crippen LogP contribution in [0.5, 0.6) is 0 Å². The van der Waals surface area contributed by atoms with Crippen LogP contribution in [0.15, 0.2) is 12.5 Å². The second-order valence-corrected chi connectivity index (χ2v) is 4.78. The minimum atomic E-state index is -0.770. The monoisotopic (exact) mass is 247 g/mol. The number of nitrogens with zero attached hydrogens (tertiary/aromatic N) is 2. The molecule has 1 rings (SSSR count). The number of halogens is 1. The van der Waals surface area contributed by atoms with Crippen LogP contribution in [-0.2, 0) is 0 Å². The third kappa shape index (κ3) is 4.24. The molecule has 4 nitrogen and oxygen atoms in total. The quantitative estimate of drug-likeness (QED) is 0.829. The second-order valence-electron chi connectivity index (χ2n) is 3.50. The zero-order chi connectivity index (χ0) is 11.3. The Labute approximate surface area is 98.5 Å². The van der Waals surface area contributed by atoms with Gasteiger partial charge in [-0.1, -0.05) is 11.6 Å². The molecule has 0 saturated heterocycles. The fourth-order valence-electron chi connectivity index (χ4n) is 1.08. The van der Waals surface area contributed by atoms with Gasteiger partial charge in [0.15, 0.2) is 0 Å². The summed E-state index contributed by atoms with van der Waals surface area (Å²) in [6, 6.07) is 0. The Hall–Kier alpha value is -0.520. The third-order valence-corrected chi connectivity index (χ3v) is 2.95. The summed E-state index contributed by atoms with van der Waals surface area (Å²) in [4.78, 5) is 7.75. The summed E-state index contributed by atoms with van der Waals surface area (Å²) in [5.41, 5.74) is -0.770. The average molecular weight is 248 g/mol. The lowest BCUT2D eigenvalue weighted by Crippen LogP contribution is -2.36. The summed E-state index contributed by atoms with van der Waals surface area (Å²) in [6.07, 6.45) is 4.88. The highest BCUT2D eigenvalue weighted by atomic mass is 35.5. The van der Waals surface area contributed by atoms with Crippen molar-refractivity contribution in [3.63, 3.8) is 0 Å². The van der Waals surface area contributed by atoms with E-state index in [-0.39, 0.29) is 0 Å². The van der Waals surface area contributed by atoms with Gasteiger partial charge in [-0.05, 0) is 13.2 Å². The van der Waals surface area contributed by atoms with E-state index >= 15 is 0 Å². The lowest BCUT2D eigenvalue weighted by atomic mass is 10.1. The Morgan fingerprint density at radius 1 is 1.67 bits per heavy atom. The first-order valence-corrected chi connectivity index (χ1v) is 6.23. The highest BCUT2D eigenvalue weighted by Gasteiger charge is 2.19. The number of aliphatic hydroxyl groups is 1. The third-order valence-electron chi connectivity index (χ3n) is 1.76. The fourth-order valence-corrected chi connectivity index (χ4v) is 1.97. The molecule has 0 aliphatic rings. The number of nitrogens with one attached hydrogen (secondary N) is 1. The molecule has 15 heavy (non-hydrogen) atoms. The first-order valence-electron chi connectivity index (χ1n) is 4.46. The second kappa shape index (κ2) is 5.53. The standard InChI is InChI=1S/C9H14ClN3OS/c1-9(14,5-15-2)4-12-8-7(10)3-11-6-13-8/h3,6,14H,4-5H2,1-2H3,(H,11,12,13)/t9-/m1/s1. The van der Waals surface area contributed by atoms with Gasteiger partial charge in [0, 0.05) is 12.3 Å². The molecular weight excluding hydrogens is 234 g/mol. The largest absolute Gasteiger partial charge is 0.387 e. The number of anilines is 1. The molecule has 0 radical (unpaired) electrons. The summed E-state index contributed by atoms with van der Waals surface area (Å²) in [7, 11) is 0. The molecule has 0 aliphatic heterocycles. The fraction of sp³-hybridized carbons (Fsp3) is 0.556. The van der Waals surface area contributed by atoms with Crippen molar-refractivity contribution < 1.29 is 5.11 Å². The van der Waals surface area contributed by atoms with Crippen LogP contribution >= 0.6 is 23.4 Å². The van der Waals surface area contributed by atoms with Crippen LogP contribution in [-0.4, -0.2) is 39.2 Å². The van der Waals surface area contributed by atoms with E-state index in [4.69, 9.17) is 11.6 Å².